The lowest BCUT2D eigenvalue weighted by molar-refractivity contribution is 0.0238. The van der Waals surface area contributed by atoms with Crippen molar-refractivity contribution in [2.75, 3.05) is 25.6 Å². The van der Waals surface area contributed by atoms with Crippen molar-refractivity contribution >= 4 is 23.2 Å². The van der Waals surface area contributed by atoms with Crippen LogP contribution >= 0.6 is 11.6 Å². The minimum atomic E-state index is -0.294. The largest absolute Gasteiger partial charge is 0.497 e. The zero-order valence-electron chi connectivity index (χ0n) is 13.8. The summed E-state index contributed by atoms with van der Waals surface area (Å²) in [7, 11) is 1.59. The number of pyridine rings is 1. The summed E-state index contributed by atoms with van der Waals surface area (Å²) in [4.78, 5) is 16.5. The highest BCUT2D eigenvalue weighted by Gasteiger charge is 2.18. The number of amides is 1. The van der Waals surface area contributed by atoms with Gasteiger partial charge in [-0.15, -0.1) is 0 Å². The van der Waals surface area contributed by atoms with Gasteiger partial charge in [0, 0.05) is 24.7 Å². The van der Waals surface area contributed by atoms with Gasteiger partial charge in [0.15, 0.2) is 0 Å². The molecule has 1 N–H and O–H groups in total. The topological polar surface area (TPSA) is 69.7 Å². The van der Waals surface area contributed by atoms with Gasteiger partial charge >= 0.3 is 0 Å². The molecule has 7 heteroatoms. The molecule has 0 saturated carbocycles. The second-order valence-electron chi connectivity index (χ2n) is 5.62. The lowest BCUT2D eigenvalue weighted by Gasteiger charge is -2.23. The number of methoxy groups -OCH3 is 1. The molecule has 6 nitrogen and oxygen atoms in total. The number of hydrogen-bond acceptors (Lipinski definition) is 5. The number of carbonyl (C=O) groups excluding carboxylic acids is 1. The molecule has 1 aromatic carbocycles. The molecular weight excluding hydrogens is 344 g/mol. The van der Waals surface area contributed by atoms with Crippen molar-refractivity contribution < 1.29 is 19.0 Å². The second-order valence-corrected chi connectivity index (χ2v) is 6.03. The summed E-state index contributed by atoms with van der Waals surface area (Å²) in [5, 5.41) is 3.10. The van der Waals surface area contributed by atoms with Crippen molar-refractivity contribution in [2.45, 2.75) is 18.9 Å². The minimum absolute atomic E-state index is 0.0396. The molecule has 1 aromatic heterocycles. The van der Waals surface area contributed by atoms with Gasteiger partial charge in [-0.05, 0) is 30.3 Å². The smallest absolute Gasteiger partial charge is 0.257 e. The molecule has 0 radical (unpaired) electrons. The summed E-state index contributed by atoms with van der Waals surface area (Å²) in [5.41, 5.74) is 1.02. The molecule has 2 aromatic rings. The number of ether oxygens (including phenoxy) is 3. The Bertz CT molecular complexity index is 730. The van der Waals surface area contributed by atoms with Crippen LogP contribution in [0.5, 0.6) is 11.6 Å². The third-order valence-corrected chi connectivity index (χ3v) is 4.13. The van der Waals surface area contributed by atoms with Crippen LogP contribution in [-0.4, -0.2) is 37.3 Å². The predicted octanol–water partition coefficient (Wildman–Crippen LogP) is 3.55. The van der Waals surface area contributed by atoms with Gasteiger partial charge in [0.1, 0.15) is 16.9 Å². The first-order chi connectivity index (χ1) is 12.2. The van der Waals surface area contributed by atoms with Gasteiger partial charge in [-0.2, -0.15) is 0 Å². The predicted molar refractivity (Wildman–Crippen MR) is 94.7 cm³/mol. The molecule has 0 unspecified atom stereocenters. The normalized spacial score (nSPS) is 14.8. The van der Waals surface area contributed by atoms with Gasteiger partial charge in [-0.25, -0.2) is 4.98 Å². The van der Waals surface area contributed by atoms with E-state index in [-0.39, 0.29) is 12.0 Å². The lowest BCUT2D eigenvalue weighted by Crippen LogP contribution is -2.26. The summed E-state index contributed by atoms with van der Waals surface area (Å²) >= 11 is 6.22. The van der Waals surface area contributed by atoms with Crippen molar-refractivity contribution in [2.24, 2.45) is 0 Å². The molecule has 2 heterocycles. The molecule has 25 heavy (non-hydrogen) atoms. The highest BCUT2D eigenvalue weighted by molar-refractivity contribution is 6.32. The molecule has 1 aliphatic rings. The first-order valence-electron chi connectivity index (χ1n) is 8.01. The molecule has 0 aliphatic carbocycles. The van der Waals surface area contributed by atoms with Crippen molar-refractivity contribution in [3.05, 3.63) is 47.1 Å². The molecule has 1 fully saturated rings. The van der Waals surface area contributed by atoms with Crippen LogP contribution < -0.4 is 14.8 Å². The van der Waals surface area contributed by atoms with Crippen molar-refractivity contribution in [1.29, 1.82) is 0 Å². The van der Waals surface area contributed by atoms with Gasteiger partial charge in [-0.3, -0.25) is 4.79 Å². The number of nitrogens with zero attached hydrogens (tertiary/aromatic N) is 1. The molecule has 0 atom stereocenters. The Labute approximate surface area is 151 Å². The van der Waals surface area contributed by atoms with E-state index in [9.17, 15) is 4.79 Å². The average Bonchev–Trinajstić information content (AvgIpc) is 2.65. The van der Waals surface area contributed by atoms with E-state index in [1.54, 1.807) is 37.4 Å². The van der Waals surface area contributed by atoms with Crippen LogP contribution in [0.2, 0.25) is 5.02 Å². The van der Waals surface area contributed by atoms with Crippen LogP contribution in [0.15, 0.2) is 36.5 Å². The number of hydrogen-bond donors (Lipinski definition) is 1. The molecule has 1 amide bonds. The van der Waals surface area contributed by atoms with Crippen molar-refractivity contribution in [3.63, 3.8) is 0 Å². The van der Waals surface area contributed by atoms with E-state index in [0.29, 0.717) is 35.4 Å². The van der Waals surface area contributed by atoms with Gasteiger partial charge in [-0.1, -0.05) is 11.6 Å². The molecule has 1 aliphatic heterocycles. The zero-order valence-corrected chi connectivity index (χ0v) is 14.6. The maximum absolute atomic E-state index is 12.3. The maximum atomic E-state index is 12.3. The van der Waals surface area contributed by atoms with Crippen LogP contribution in [0.25, 0.3) is 0 Å². The zero-order chi connectivity index (χ0) is 17.6. The maximum Gasteiger partial charge on any atom is 0.257 e. The Morgan fingerprint density at radius 2 is 2.00 bits per heavy atom. The van der Waals surface area contributed by atoms with Crippen LogP contribution in [0.1, 0.15) is 23.2 Å². The Morgan fingerprint density at radius 1 is 1.28 bits per heavy atom. The number of benzene rings is 1. The molecular formula is C18H19ClN2O4. The fourth-order valence-electron chi connectivity index (χ4n) is 2.47. The number of rotatable bonds is 5. The molecule has 1 saturated heterocycles. The lowest BCUT2D eigenvalue weighted by atomic mass is 10.1. The number of carbonyl (C=O) groups is 1. The van der Waals surface area contributed by atoms with Gasteiger partial charge in [0.05, 0.1) is 25.9 Å². The molecule has 0 spiro atoms. The third-order valence-electron chi connectivity index (χ3n) is 3.86. The minimum Gasteiger partial charge on any atom is -0.497 e. The van der Waals surface area contributed by atoms with E-state index in [1.165, 1.54) is 6.20 Å². The fourth-order valence-corrected chi connectivity index (χ4v) is 2.68. The summed E-state index contributed by atoms with van der Waals surface area (Å²) in [6.45, 7) is 1.34. The van der Waals surface area contributed by atoms with Crippen LogP contribution in [0.4, 0.5) is 5.69 Å². The van der Waals surface area contributed by atoms with Crippen molar-refractivity contribution in [3.8, 4) is 11.6 Å². The average molecular weight is 363 g/mol. The van der Waals surface area contributed by atoms with E-state index in [4.69, 9.17) is 25.8 Å². The SMILES string of the molecule is COc1ccc(NC(=O)c2cnc(OC3CCOCC3)c(Cl)c2)cc1. The van der Waals surface area contributed by atoms with Gasteiger partial charge in [0.25, 0.3) is 5.91 Å². The number of aromatic nitrogens is 1. The summed E-state index contributed by atoms with van der Waals surface area (Å²) in [5.74, 6) is 0.768. The molecule has 132 valence electrons. The third kappa shape index (κ3) is 4.61. The van der Waals surface area contributed by atoms with Crippen LogP contribution in [0.3, 0.4) is 0 Å². The van der Waals surface area contributed by atoms with E-state index < -0.39 is 0 Å². The second kappa shape index (κ2) is 8.18. The van der Waals surface area contributed by atoms with Crippen LogP contribution in [0, 0.1) is 0 Å². The summed E-state index contributed by atoms with van der Waals surface area (Å²) in [6, 6.07) is 8.61. The van der Waals surface area contributed by atoms with Crippen LogP contribution in [-0.2, 0) is 4.74 Å². The first-order valence-corrected chi connectivity index (χ1v) is 8.39. The monoisotopic (exact) mass is 362 g/mol. The fraction of sp³-hybridized carbons (Fsp3) is 0.333. The Kier molecular flexibility index (Phi) is 5.73. The number of anilines is 1. The van der Waals surface area contributed by atoms with E-state index in [0.717, 1.165) is 18.6 Å². The molecule has 0 bridgehead atoms. The van der Waals surface area contributed by atoms with Gasteiger partial charge < -0.3 is 19.5 Å². The Balaban J connectivity index is 1.65. The van der Waals surface area contributed by atoms with E-state index in [2.05, 4.69) is 10.3 Å². The van der Waals surface area contributed by atoms with Gasteiger partial charge in [0.2, 0.25) is 5.88 Å². The summed E-state index contributed by atoms with van der Waals surface area (Å²) < 4.78 is 16.2. The Morgan fingerprint density at radius 3 is 2.64 bits per heavy atom. The van der Waals surface area contributed by atoms with E-state index in [1.807, 2.05) is 0 Å². The first kappa shape index (κ1) is 17.5. The molecule has 3 rings (SSSR count). The number of nitrogens with one attached hydrogen (secondary N) is 1. The quantitative estimate of drug-likeness (QED) is 0.880. The van der Waals surface area contributed by atoms with E-state index >= 15 is 0 Å². The number of halogens is 1. The van der Waals surface area contributed by atoms with Crippen molar-refractivity contribution in [1.82, 2.24) is 4.98 Å². The standard InChI is InChI=1S/C18H19ClN2O4/c1-23-14-4-2-13(3-5-14)21-17(22)12-10-16(19)18(20-11-12)25-15-6-8-24-9-7-15/h2-5,10-11,15H,6-9H2,1H3,(H,21,22). The highest BCUT2D eigenvalue weighted by Crippen LogP contribution is 2.26. The highest BCUT2D eigenvalue weighted by atomic mass is 35.5. The Hall–Kier alpha value is -2.31. The summed E-state index contributed by atoms with van der Waals surface area (Å²) in [6.07, 6.45) is 3.10.